The van der Waals surface area contributed by atoms with Crippen LogP contribution in [0.25, 0.3) is 0 Å². The van der Waals surface area contributed by atoms with E-state index < -0.39 is 0 Å². The Labute approximate surface area is 69.3 Å². The van der Waals surface area contributed by atoms with Gasteiger partial charge in [-0.1, -0.05) is 12.8 Å². The molecule has 11 heavy (non-hydrogen) atoms. The van der Waals surface area contributed by atoms with Crippen LogP contribution < -0.4 is 5.32 Å². The van der Waals surface area contributed by atoms with Gasteiger partial charge in [0.05, 0.1) is 0 Å². The Kier molecular flexibility index (Phi) is 9.03. The third kappa shape index (κ3) is 9.48. The average Bonchev–Trinajstić information content (AvgIpc) is 2.03. The second kappa shape index (κ2) is 9.48. The van der Waals surface area contributed by atoms with Crippen LogP contribution in [0, 0.1) is 11.8 Å². The molecule has 0 fully saturated rings. The van der Waals surface area contributed by atoms with Crippen LogP contribution in [0.15, 0.2) is 0 Å². The first-order chi connectivity index (χ1) is 5.41. The minimum atomic E-state index is 0.572. The predicted molar refractivity (Wildman–Crippen MR) is 47.4 cm³/mol. The van der Waals surface area contributed by atoms with E-state index >= 15 is 0 Å². The maximum Gasteiger partial charge on any atom is 0.107 e. The Bertz CT molecular complexity index is 123. The number of hydrogen-bond donors (Lipinski definition) is 1. The third-order valence-corrected chi connectivity index (χ3v) is 1.24. The van der Waals surface area contributed by atoms with E-state index in [1.807, 2.05) is 6.92 Å². The summed E-state index contributed by atoms with van der Waals surface area (Å²) in [5, 5.41) is 3.22. The zero-order chi connectivity index (χ0) is 8.36. The quantitative estimate of drug-likeness (QED) is 0.457. The molecule has 0 amide bonds. The van der Waals surface area contributed by atoms with Crippen LogP contribution in [0.1, 0.15) is 20.3 Å². The van der Waals surface area contributed by atoms with Gasteiger partial charge in [-0.3, -0.25) is 0 Å². The molecule has 0 aliphatic rings. The fourth-order valence-corrected chi connectivity index (χ4v) is 0.671. The maximum atomic E-state index is 5.21. The Morgan fingerprint density at radius 1 is 1.45 bits per heavy atom. The van der Waals surface area contributed by atoms with Crippen LogP contribution in [0.5, 0.6) is 0 Å². The molecular formula is C9H17NO. The van der Waals surface area contributed by atoms with E-state index in [1.54, 1.807) is 0 Å². The lowest BCUT2D eigenvalue weighted by atomic mass is 10.4. The van der Waals surface area contributed by atoms with Crippen molar-refractivity contribution in [2.75, 3.05) is 26.3 Å². The van der Waals surface area contributed by atoms with Crippen LogP contribution >= 0.6 is 0 Å². The molecule has 0 rings (SSSR count). The maximum absolute atomic E-state index is 5.21. The van der Waals surface area contributed by atoms with E-state index in [-0.39, 0.29) is 0 Å². The van der Waals surface area contributed by atoms with E-state index in [1.165, 1.54) is 0 Å². The van der Waals surface area contributed by atoms with Gasteiger partial charge in [-0.25, -0.2) is 0 Å². The molecule has 0 aromatic rings. The van der Waals surface area contributed by atoms with Crippen molar-refractivity contribution in [1.29, 1.82) is 0 Å². The van der Waals surface area contributed by atoms with Crippen LogP contribution in [0.4, 0.5) is 0 Å². The van der Waals surface area contributed by atoms with Gasteiger partial charge in [0.15, 0.2) is 0 Å². The fraction of sp³-hybridized carbons (Fsp3) is 0.778. The van der Waals surface area contributed by atoms with Crippen molar-refractivity contribution >= 4 is 0 Å². The van der Waals surface area contributed by atoms with E-state index in [4.69, 9.17) is 4.74 Å². The Morgan fingerprint density at radius 3 is 2.91 bits per heavy atom. The highest BCUT2D eigenvalue weighted by Crippen LogP contribution is 1.79. The van der Waals surface area contributed by atoms with E-state index in [0.29, 0.717) is 6.61 Å². The van der Waals surface area contributed by atoms with Crippen molar-refractivity contribution in [3.05, 3.63) is 0 Å². The monoisotopic (exact) mass is 155 g/mol. The zero-order valence-electron chi connectivity index (χ0n) is 7.44. The van der Waals surface area contributed by atoms with Crippen molar-refractivity contribution in [3.63, 3.8) is 0 Å². The first kappa shape index (κ1) is 10.5. The van der Waals surface area contributed by atoms with E-state index in [9.17, 15) is 0 Å². The topological polar surface area (TPSA) is 21.3 Å². The summed E-state index contributed by atoms with van der Waals surface area (Å²) in [4.78, 5) is 0. The first-order valence-electron chi connectivity index (χ1n) is 4.10. The zero-order valence-corrected chi connectivity index (χ0v) is 7.44. The lowest BCUT2D eigenvalue weighted by molar-refractivity contribution is 0.164. The standard InChI is InChI=1S/C9H17NO/c1-3-5-8-11-9-6-7-10-4-2/h10H,4,6-9H2,1-2H3. The average molecular weight is 155 g/mol. The molecule has 0 saturated carbocycles. The lowest BCUT2D eigenvalue weighted by Crippen LogP contribution is -2.15. The number of rotatable bonds is 6. The Morgan fingerprint density at radius 2 is 2.27 bits per heavy atom. The van der Waals surface area contributed by atoms with Gasteiger partial charge in [0.1, 0.15) is 6.61 Å². The molecule has 0 bridgehead atoms. The first-order valence-corrected chi connectivity index (χ1v) is 4.10. The molecule has 0 aliphatic carbocycles. The molecule has 64 valence electrons. The van der Waals surface area contributed by atoms with Gasteiger partial charge in [-0.05, 0) is 26.4 Å². The minimum absolute atomic E-state index is 0.572. The summed E-state index contributed by atoms with van der Waals surface area (Å²) in [5.41, 5.74) is 0. The normalized spacial score (nSPS) is 8.91. The molecule has 0 aromatic heterocycles. The molecule has 0 atom stereocenters. The van der Waals surface area contributed by atoms with Crippen molar-refractivity contribution < 1.29 is 4.74 Å². The molecule has 2 heteroatoms. The fourth-order valence-electron chi connectivity index (χ4n) is 0.671. The molecule has 0 spiro atoms. The summed E-state index contributed by atoms with van der Waals surface area (Å²) in [6.07, 6.45) is 1.07. The summed E-state index contributed by atoms with van der Waals surface area (Å²) in [6, 6.07) is 0. The molecule has 0 aromatic carbocycles. The number of hydrogen-bond acceptors (Lipinski definition) is 2. The minimum Gasteiger partial charge on any atom is -0.369 e. The number of ether oxygens (including phenoxy) is 1. The summed E-state index contributed by atoms with van der Waals surface area (Å²) in [7, 11) is 0. The predicted octanol–water partition coefficient (Wildman–Crippen LogP) is 1.03. The highest BCUT2D eigenvalue weighted by Gasteiger charge is 1.84. The highest BCUT2D eigenvalue weighted by molar-refractivity contribution is 4.94. The van der Waals surface area contributed by atoms with Gasteiger partial charge >= 0.3 is 0 Å². The molecule has 0 saturated heterocycles. The Hall–Kier alpha value is -0.520. The molecule has 2 nitrogen and oxygen atoms in total. The van der Waals surface area contributed by atoms with Gasteiger partial charge in [0.2, 0.25) is 0 Å². The van der Waals surface area contributed by atoms with Crippen LogP contribution in [0.3, 0.4) is 0 Å². The summed E-state index contributed by atoms with van der Waals surface area (Å²) in [5.74, 6) is 5.63. The molecule has 1 N–H and O–H groups in total. The van der Waals surface area contributed by atoms with Crippen LogP contribution in [0.2, 0.25) is 0 Å². The van der Waals surface area contributed by atoms with Gasteiger partial charge in [0, 0.05) is 6.61 Å². The van der Waals surface area contributed by atoms with Gasteiger partial charge < -0.3 is 10.1 Å². The largest absolute Gasteiger partial charge is 0.369 e. The highest BCUT2D eigenvalue weighted by atomic mass is 16.5. The van der Waals surface area contributed by atoms with Crippen molar-refractivity contribution in [2.24, 2.45) is 0 Å². The smallest absolute Gasteiger partial charge is 0.107 e. The van der Waals surface area contributed by atoms with Crippen LogP contribution in [-0.2, 0) is 4.74 Å². The second-order valence-electron chi connectivity index (χ2n) is 2.19. The van der Waals surface area contributed by atoms with Crippen molar-refractivity contribution in [3.8, 4) is 11.8 Å². The Balaban J connectivity index is 2.83. The van der Waals surface area contributed by atoms with Crippen LogP contribution in [-0.4, -0.2) is 26.3 Å². The molecule has 0 heterocycles. The van der Waals surface area contributed by atoms with E-state index in [0.717, 1.165) is 26.1 Å². The summed E-state index contributed by atoms with van der Waals surface area (Å²) < 4.78 is 5.21. The molecule has 0 radical (unpaired) electrons. The van der Waals surface area contributed by atoms with Gasteiger partial charge in [-0.15, -0.1) is 5.92 Å². The van der Waals surface area contributed by atoms with Gasteiger partial charge in [0.25, 0.3) is 0 Å². The van der Waals surface area contributed by atoms with Gasteiger partial charge in [-0.2, -0.15) is 0 Å². The lowest BCUT2D eigenvalue weighted by Gasteiger charge is -2.00. The molecule has 0 aliphatic heterocycles. The summed E-state index contributed by atoms with van der Waals surface area (Å²) >= 11 is 0. The third-order valence-electron chi connectivity index (χ3n) is 1.24. The molecular weight excluding hydrogens is 138 g/mol. The summed E-state index contributed by atoms with van der Waals surface area (Å²) in [6.45, 7) is 7.38. The SMILES string of the molecule is CC#CCOCCCNCC. The van der Waals surface area contributed by atoms with Crippen molar-refractivity contribution in [1.82, 2.24) is 5.32 Å². The number of nitrogens with one attached hydrogen (secondary N) is 1. The molecule has 0 unspecified atom stereocenters. The van der Waals surface area contributed by atoms with Crippen molar-refractivity contribution in [2.45, 2.75) is 20.3 Å². The second-order valence-corrected chi connectivity index (χ2v) is 2.19. The van der Waals surface area contributed by atoms with E-state index in [2.05, 4.69) is 24.1 Å².